The van der Waals surface area contributed by atoms with Crippen LogP contribution in [0.3, 0.4) is 0 Å². The number of nitrogens with one attached hydrogen (secondary N) is 1. The predicted octanol–water partition coefficient (Wildman–Crippen LogP) is 4.82. The van der Waals surface area contributed by atoms with Crippen LogP contribution in [0.2, 0.25) is 0 Å². The van der Waals surface area contributed by atoms with Crippen LogP contribution in [0.4, 0.5) is 0 Å². The quantitative estimate of drug-likeness (QED) is 0.568. The highest BCUT2D eigenvalue weighted by molar-refractivity contribution is 8.13. The SMILES string of the molecule is CSC1=N[C@@]2(C[C@H](c3ccccc3)Oc3cc(OC(C)=O)ccc32)CC(C)(C)N1. The van der Waals surface area contributed by atoms with Crippen molar-refractivity contribution in [1.29, 1.82) is 0 Å². The lowest BCUT2D eigenvalue weighted by molar-refractivity contribution is -0.131. The average molecular weight is 411 g/mol. The van der Waals surface area contributed by atoms with E-state index in [1.807, 2.05) is 42.7 Å². The van der Waals surface area contributed by atoms with Crippen molar-refractivity contribution in [1.82, 2.24) is 5.32 Å². The Morgan fingerprint density at radius 1 is 1.24 bits per heavy atom. The lowest BCUT2D eigenvalue weighted by atomic mass is 9.72. The van der Waals surface area contributed by atoms with Crippen molar-refractivity contribution >= 4 is 22.9 Å². The molecule has 2 aliphatic rings. The average Bonchev–Trinajstić information content (AvgIpc) is 2.66. The number of amidine groups is 1. The number of nitrogens with zero attached hydrogens (tertiary/aromatic N) is 1. The molecule has 2 aromatic rings. The maximum Gasteiger partial charge on any atom is 0.308 e. The molecule has 152 valence electrons. The fourth-order valence-corrected chi connectivity index (χ4v) is 5.02. The number of carbonyl (C=O) groups excluding carboxylic acids is 1. The van der Waals surface area contributed by atoms with Crippen LogP contribution in [0.1, 0.15) is 50.8 Å². The number of carbonyl (C=O) groups is 1. The summed E-state index contributed by atoms with van der Waals surface area (Å²) in [5, 5.41) is 4.47. The van der Waals surface area contributed by atoms with Gasteiger partial charge in [-0.25, -0.2) is 0 Å². The molecule has 29 heavy (non-hydrogen) atoms. The smallest absolute Gasteiger partial charge is 0.308 e. The minimum Gasteiger partial charge on any atom is -0.485 e. The van der Waals surface area contributed by atoms with Gasteiger partial charge in [0.05, 0.1) is 5.54 Å². The standard InChI is InChI=1S/C23H26N2O3S/c1-15(26)27-17-10-11-18-19(12-17)28-20(16-8-6-5-7-9-16)13-23(18)14-22(2,3)24-21(25-23)29-4/h5-12,20H,13-14H2,1-4H3,(H,24,25)/t20-,23+/m1/s1. The first-order chi connectivity index (χ1) is 13.8. The van der Waals surface area contributed by atoms with Crippen molar-refractivity contribution in [2.75, 3.05) is 6.26 Å². The maximum atomic E-state index is 11.4. The summed E-state index contributed by atoms with van der Waals surface area (Å²) in [6.07, 6.45) is 3.51. The number of esters is 1. The highest BCUT2D eigenvalue weighted by Crippen LogP contribution is 2.52. The molecule has 0 saturated heterocycles. The molecular weight excluding hydrogens is 384 g/mol. The van der Waals surface area contributed by atoms with E-state index < -0.39 is 5.54 Å². The molecule has 0 fully saturated rings. The van der Waals surface area contributed by atoms with Crippen LogP contribution in [0.5, 0.6) is 11.5 Å². The number of thioether (sulfide) groups is 1. The zero-order chi connectivity index (χ0) is 20.6. The Kier molecular flexibility index (Phi) is 5.07. The molecule has 0 aliphatic carbocycles. The van der Waals surface area contributed by atoms with Crippen LogP contribution in [0, 0.1) is 0 Å². The van der Waals surface area contributed by atoms with Crippen molar-refractivity contribution in [2.45, 2.75) is 50.8 Å². The van der Waals surface area contributed by atoms with Gasteiger partial charge < -0.3 is 14.8 Å². The third kappa shape index (κ3) is 3.99. The van der Waals surface area contributed by atoms with E-state index in [1.54, 1.807) is 11.8 Å². The molecule has 1 N–H and O–H groups in total. The van der Waals surface area contributed by atoms with Crippen LogP contribution in [0.25, 0.3) is 0 Å². The van der Waals surface area contributed by atoms with Crippen LogP contribution >= 0.6 is 11.8 Å². The number of fused-ring (bicyclic) bond motifs is 2. The van der Waals surface area contributed by atoms with Crippen LogP contribution in [-0.2, 0) is 10.3 Å². The molecular formula is C23H26N2O3S. The largest absolute Gasteiger partial charge is 0.485 e. The Balaban J connectivity index is 1.85. The highest BCUT2D eigenvalue weighted by Gasteiger charge is 2.48. The van der Waals surface area contributed by atoms with Gasteiger partial charge >= 0.3 is 5.97 Å². The maximum absolute atomic E-state index is 11.4. The summed E-state index contributed by atoms with van der Waals surface area (Å²) in [6.45, 7) is 5.82. The third-order valence-electron chi connectivity index (χ3n) is 5.37. The minimum absolute atomic E-state index is 0.107. The Hall–Kier alpha value is -2.47. The molecule has 1 spiro atoms. The summed E-state index contributed by atoms with van der Waals surface area (Å²) in [7, 11) is 0. The van der Waals surface area contributed by atoms with Gasteiger partial charge in [0, 0.05) is 30.5 Å². The van der Waals surface area contributed by atoms with E-state index in [0.717, 1.165) is 34.9 Å². The molecule has 2 aromatic carbocycles. The Morgan fingerprint density at radius 2 is 2.00 bits per heavy atom. The summed E-state index contributed by atoms with van der Waals surface area (Å²) < 4.78 is 11.7. The van der Waals surface area contributed by atoms with E-state index in [4.69, 9.17) is 14.5 Å². The lowest BCUT2D eigenvalue weighted by Gasteiger charge is -2.47. The molecule has 0 bridgehead atoms. The molecule has 0 saturated carbocycles. The fourth-order valence-electron chi connectivity index (χ4n) is 4.38. The summed E-state index contributed by atoms with van der Waals surface area (Å²) >= 11 is 1.63. The van der Waals surface area contributed by atoms with E-state index in [-0.39, 0.29) is 17.6 Å². The number of ether oxygens (including phenoxy) is 2. The van der Waals surface area contributed by atoms with Crippen molar-refractivity contribution in [3.8, 4) is 11.5 Å². The first-order valence-corrected chi connectivity index (χ1v) is 11.0. The second kappa shape index (κ2) is 7.41. The molecule has 0 aromatic heterocycles. The molecule has 0 unspecified atom stereocenters. The van der Waals surface area contributed by atoms with Crippen molar-refractivity contribution in [2.24, 2.45) is 4.99 Å². The molecule has 2 aliphatic heterocycles. The summed E-state index contributed by atoms with van der Waals surface area (Å²) in [4.78, 5) is 16.6. The topological polar surface area (TPSA) is 59.9 Å². The monoisotopic (exact) mass is 410 g/mol. The van der Waals surface area contributed by atoms with Crippen LogP contribution < -0.4 is 14.8 Å². The Bertz CT molecular complexity index is 958. The van der Waals surface area contributed by atoms with Crippen molar-refractivity contribution in [3.63, 3.8) is 0 Å². The second-order valence-corrected chi connectivity index (χ2v) is 9.11. The van der Waals surface area contributed by atoms with Gasteiger partial charge in [-0.1, -0.05) is 42.1 Å². The van der Waals surface area contributed by atoms with Gasteiger partial charge in [0.15, 0.2) is 5.17 Å². The van der Waals surface area contributed by atoms with Crippen LogP contribution in [-0.4, -0.2) is 22.9 Å². The zero-order valence-electron chi connectivity index (χ0n) is 17.2. The zero-order valence-corrected chi connectivity index (χ0v) is 18.0. The number of hydrogen-bond acceptors (Lipinski definition) is 6. The first-order valence-electron chi connectivity index (χ1n) is 9.77. The van der Waals surface area contributed by atoms with Crippen LogP contribution in [0.15, 0.2) is 53.5 Å². The van der Waals surface area contributed by atoms with E-state index in [2.05, 4.69) is 31.3 Å². The van der Waals surface area contributed by atoms with E-state index in [0.29, 0.717) is 5.75 Å². The highest BCUT2D eigenvalue weighted by atomic mass is 32.2. The number of benzene rings is 2. The lowest BCUT2D eigenvalue weighted by Crippen LogP contribution is -2.53. The molecule has 6 heteroatoms. The van der Waals surface area contributed by atoms with E-state index in [1.165, 1.54) is 6.92 Å². The minimum atomic E-state index is -0.407. The van der Waals surface area contributed by atoms with Gasteiger partial charge in [0.2, 0.25) is 0 Å². The fraction of sp³-hybridized carbons (Fsp3) is 0.391. The van der Waals surface area contributed by atoms with E-state index in [9.17, 15) is 4.79 Å². The van der Waals surface area contributed by atoms with Gasteiger partial charge in [0.1, 0.15) is 17.6 Å². The third-order valence-corrected chi connectivity index (χ3v) is 5.95. The Labute approximate surface area is 175 Å². The second-order valence-electron chi connectivity index (χ2n) is 8.31. The molecule has 0 radical (unpaired) electrons. The predicted molar refractivity (Wildman–Crippen MR) is 117 cm³/mol. The van der Waals surface area contributed by atoms with Gasteiger partial charge in [-0.2, -0.15) is 0 Å². The molecule has 2 heterocycles. The normalized spacial score (nSPS) is 24.7. The van der Waals surface area contributed by atoms with E-state index >= 15 is 0 Å². The van der Waals surface area contributed by atoms with Gasteiger partial charge in [-0.3, -0.25) is 9.79 Å². The molecule has 5 nitrogen and oxygen atoms in total. The van der Waals surface area contributed by atoms with Crippen molar-refractivity contribution in [3.05, 3.63) is 59.7 Å². The Morgan fingerprint density at radius 3 is 2.69 bits per heavy atom. The molecule has 2 atom stereocenters. The summed E-state index contributed by atoms with van der Waals surface area (Å²) in [6, 6.07) is 15.9. The van der Waals surface area contributed by atoms with Gasteiger partial charge in [-0.05, 0) is 44.2 Å². The van der Waals surface area contributed by atoms with Crippen molar-refractivity contribution < 1.29 is 14.3 Å². The summed E-state index contributed by atoms with van der Waals surface area (Å²) in [5.41, 5.74) is 1.65. The number of rotatable bonds is 2. The number of aliphatic imine (C=N–C) groups is 1. The molecule has 4 rings (SSSR count). The number of hydrogen-bond donors (Lipinski definition) is 1. The summed E-state index contributed by atoms with van der Waals surface area (Å²) in [5.74, 6) is 0.869. The van der Waals surface area contributed by atoms with Gasteiger partial charge in [0.25, 0.3) is 0 Å². The van der Waals surface area contributed by atoms with Gasteiger partial charge in [-0.15, -0.1) is 0 Å². The first kappa shape index (κ1) is 19.8. The molecule has 0 amide bonds.